The molecule has 0 aromatic heterocycles. The first-order chi connectivity index (χ1) is 9.49. The Morgan fingerprint density at radius 1 is 1.05 bits per heavy atom. The van der Waals surface area contributed by atoms with Gasteiger partial charge in [-0.05, 0) is 30.2 Å². The minimum Gasteiger partial charge on any atom is -0.508 e. The van der Waals surface area contributed by atoms with Gasteiger partial charge in [0.25, 0.3) is 0 Å². The molecule has 0 unspecified atom stereocenters. The average Bonchev–Trinajstić information content (AvgIpc) is 2.43. The molecular weight excluding hydrogens is 284 g/mol. The normalized spacial score (nSPS) is 11.6. The van der Waals surface area contributed by atoms with Gasteiger partial charge in [0.1, 0.15) is 5.75 Å². The number of aromatic hydroxyl groups is 1. The highest BCUT2D eigenvalue weighted by atomic mass is 35.5. The van der Waals surface area contributed by atoms with Gasteiger partial charge in [0, 0.05) is 5.02 Å². The van der Waals surface area contributed by atoms with Crippen LogP contribution < -0.4 is 5.19 Å². The first kappa shape index (κ1) is 15.1. The summed E-state index contributed by atoms with van der Waals surface area (Å²) in [5.74, 6) is 0.355. The van der Waals surface area contributed by atoms with E-state index in [1.54, 1.807) is 12.1 Å². The summed E-state index contributed by atoms with van der Waals surface area (Å²) in [6.07, 6.45) is 1.97. The van der Waals surface area contributed by atoms with E-state index in [2.05, 4.69) is 43.4 Å². The van der Waals surface area contributed by atoms with Crippen molar-refractivity contribution in [2.45, 2.75) is 32.0 Å². The molecular formula is C17H21ClOSi. The Kier molecular flexibility index (Phi) is 4.89. The van der Waals surface area contributed by atoms with Crippen molar-refractivity contribution < 1.29 is 5.11 Å². The number of aryl methyl sites for hydroxylation is 1. The quantitative estimate of drug-likeness (QED) is 0.801. The maximum atomic E-state index is 9.83. The van der Waals surface area contributed by atoms with Crippen LogP contribution in [0.25, 0.3) is 0 Å². The van der Waals surface area contributed by atoms with Crippen LogP contribution in [0.4, 0.5) is 0 Å². The van der Waals surface area contributed by atoms with E-state index in [1.165, 1.54) is 11.2 Å². The summed E-state index contributed by atoms with van der Waals surface area (Å²) < 4.78 is 0. The molecule has 2 aromatic carbocycles. The molecule has 0 fully saturated rings. The first-order valence-electron chi connectivity index (χ1n) is 7.02. The van der Waals surface area contributed by atoms with Crippen LogP contribution in [0.3, 0.4) is 0 Å². The van der Waals surface area contributed by atoms with E-state index in [0.717, 1.165) is 18.4 Å². The number of hydrogen-bond acceptors (Lipinski definition) is 1. The van der Waals surface area contributed by atoms with Crippen molar-refractivity contribution in [3.8, 4) is 5.75 Å². The molecule has 0 saturated carbocycles. The Balaban J connectivity index is 1.97. The molecule has 0 aliphatic carbocycles. The van der Waals surface area contributed by atoms with Crippen LogP contribution in [0.5, 0.6) is 5.75 Å². The van der Waals surface area contributed by atoms with Crippen molar-refractivity contribution in [1.82, 2.24) is 0 Å². The van der Waals surface area contributed by atoms with Crippen LogP contribution in [0.1, 0.15) is 12.0 Å². The third kappa shape index (κ3) is 3.87. The van der Waals surface area contributed by atoms with Crippen LogP contribution in [0.2, 0.25) is 24.2 Å². The van der Waals surface area contributed by atoms with Crippen LogP contribution in [-0.2, 0) is 6.42 Å². The number of phenolic OH excluding ortho intramolecular Hbond substituents is 1. The molecule has 0 aliphatic heterocycles. The highest BCUT2D eigenvalue weighted by molar-refractivity contribution is 6.89. The third-order valence-electron chi connectivity index (χ3n) is 3.84. The second kappa shape index (κ2) is 6.46. The maximum absolute atomic E-state index is 9.83. The first-order valence-corrected chi connectivity index (χ1v) is 10.6. The largest absolute Gasteiger partial charge is 0.508 e. The molecule has 0 saturated heterocycles. The summed E-state index contributed by atoms with van der Waals surface area (Å²) in [6.45, 7) is 4.81. The zero-order valence-corrected chi connectivity index (χ0v) is 13.8. The molecule has 1 N–H and O–H groups in total. The second-order valence-corrected chi connectivity index (χ2v) is 11.2. The third-order valence-corrected chi connectivity index (χ3v) is 7.58. The van der Waals surface area contributed by atoms with E-state index >= 15 is 0 Å². The average molecular weight is 305 g/mol. The Bertz CT molecular complexity index is 566. The molecule has 0 amide bonds. The fraction of sp³-hybridized carbons (Fsp3) is 0.294. The molecule has 0 radical (unpaired) electrons. The van der Waals surface area contributed by atoms with Gasteiger partial charge in [-0.15, -0.1) is 0 Å². The summed E-state index contributed by atoms with van der Waals surface area (Å²) in [4.78, 5) is 0. The lowest BCUT2D eigenvalue weighted by Crippen LogP contribution is -2.40. The Morgan fingerprint density at radius 2 is 1.75 bits per heavy atom. The Morgan fingerprint density at radius 3 is 2.45 bits per heavy atom. The predicted molar refractivity (Wildman–Crippen MR) is 89.8 cm³/mol. The van der Waals surface area contributed by atoms with Crippen molar-refractivity contribution in [1.29, 1.82) is 0 Å². The van der Waals surface area contributed by atoms with Crippen molar-refractivity contribution in [2.75, 3.05) is 0 Å². The summed E-state index contributed by atoms with van der Waals surface area (Å²) in [5, 5.41) is 12.0. The maximum Gasteiger partial charge on any atom is 0.118 e. The molecule has 1 nitrogen and oxygen atoms in total. The molecule has 0 bridgehead atoms. The van der Waals surface area contributed by atoms with E-state index in [4.69, 9.17) is 11.6 Å². The fourth-order valence-corrected chi connectivity index (χ4v) is 5.15. The monoisotopic (exact) mass is 304 g/mol. The van der Waals surface area contributed by atoms with E-state index < -0.39 is 8.07 Å². The highest BCUT2D eigenvalue weighted by Gasteiger charge is 2.22. The number of benzene rings is 2. The SMILES string of the molecule is C[Si](C)(CCCc1cc(Cl)ccc1O)c1ccccc1. The Hall–Kier alpha value is -1.25. The van der Waals surface area contributed by atoms with Gasteiger partial charge in [-0.3, -0.25) is 0 Å². The van der Waals surface area contributed by atoms with Crippen LogP contribution in [-0.4, -0.2) is 13.2 Å². The minimum atomic E-state index is -1.38. The van der Waals surface area contributed by atoms with Gasteiger partial charge >= 0.3 is 0 Å². The van der Waals surface area contributed by atoms with Gasteiger partial charge in [-0.2, -0.15) is 0 Å². The summed E-state index contributed by atoms with van der Waals surface area (Å²) in [5.41, 5.74) is 0.954. The van der Waals surface area contributed by atoms with E-state index in [1.807, 2.05) is 6.07 Å². The van der Waals surface area contributed by atoms with Gasteiger partial charge in [0.2, 0.25) is 0 Å². The lowest BCUT2D eigenvalue weighted by atomic mass is 10.1. The van der Waals surface area contributed by atoms with E-state index in [0.29, 0.717) is 10.8 Å². The van der Waals surface area contributed by atoms with Crippen molar-refractivity contribution in [2.24, 2.45) is 0 Å². The van der Waals surface area contributed by atoms with Gasteiger partial charge in [0.05, 0.1) is 8.07 Å². The number of rotatable bonds is 5. The van der Waals surface area contributed by atoms with Gasteiger partial charge in [-0.25, -0.2) is 0 Å². The zero-order valence-electron chi connectivity index (χ0n) is 12.1. The van der Waals surface area contributed by atoms with Crippen molar-refractivity contribution in [3.63, 3.8) is 0 Å². The van der Waals surface area contributed by atoms with Gasteiger partial charge in [-0.1, -0.05) is 72.7 Å². The predicted octanol–water partition coefficient (Wildman–Crippen LogP) is 4.59. The lowest BCUT2D eigenvalue weighted by molar-refractivity contribution is 0.467. The molecule has 2 rings (SSSR count). The van der Waals surface area contributed by atoms with Crippen molar-refractivity contribution in [3.05, 3.63) is 59.1 Å². The van der Waals surface area contributed by atoms with E-state index in [9.17, 15) is 5.11 Å². The fourth-order valence-electron chi connectivity index (χ4n) is 2.51. The zero-order chi connectivity index (χ0) is 14.6. The minimum absolute atomic E-state index is 0.355. The molecule has 0 heterocycles. The molecule has 3 heteroatoms. The van der Waals surface area contributed by atoms with Crippen LogP contribution in [0, 0.1) is 0 Å². The standard InChI is InChI=1S/C17H21ClOSi/c1-20(2,16-8-4-3-5-9-16)12-6-7-14-13-15(18)10-11-17(14)19/h3-5,8-11,13,19H,6-7,12H2,1-2H3. The summed E-state index contributed by atoms with van der Waals surface area (Å²) >= 11 is 5.98. The smallest absolute Gasteiger partial charge is 0.118 e. The van der Waals surface area contributed by atoms with Crippen LogP contribution in [0.15, 0.2) is 48.5 Å². The summed E-state index contributed by atoms with van der Waals surface area (Å²) in [6, 6.07) is 17.3. The highest BCUT2D eigenvalue weighted by Crippen LogP contribution is 2.24. The topological polar surface area (TPSA) is 20.2 Å². The van der Waals surface area contributed by atoms with Gasteiger partial charge in [0.15, 0.2) is 0 Å². The Labute approximate surface area is 127 Å². The van der Waals surface area contributed by atoms with E-state index in [-0.39, 0.29) is 0 Å². The molecule has 0 aliphatic rings. The number of phenols is 1. The number of hydrogen-bond donors (Lipinski definition) is 1. The molecule has 0 spiro atoms. The molecule has 106 valence electrons. The number of halogens is 1. The summed E-state index contributed by atoms with van der Waals surface area (Å²) in [7, 11) is -1.38. The van der Waals surface area contributed by atoms with Crippen molar-refractivity contribution >= 4 is 24.9 Å². The molecule has 0 atom stereocenters. The van der Waals surface area contributed by atoms with Gasteiger partial charge < -0.3 is 5.11 Å². The second-order valence-electron chi connectivity index (χ2n) is 5.88. The van der Waals surface area contributed by atoms with Crippen LogP contribution >= 0.6 is 11.6 Å². The molecule has 2 aromatic rings. The lowest BCUT2D eigenvalue weighted by Gasteiger charge is -2.23. The molecule has 20 heavy (non-hydrogen) atoms.